The van der Waals surface area contributed by atoms with Gasteiger partial charge in [0, 0.05) is 19.2 Å². The Morgan fingerprint density at radius 3 is 2.95 bits per heavy atom. The van der Waals surface area contributed by atoms with Gasteiger partial charge in [0.05, 0.1) is 11.4 Å². The number of fused-ring (bicyclic) bond motifs is 1. The number of hydrogen-bond donors (Lipinski definition) is 2. The van der Waals surface area contributed by atoms with Crippen LogP contribution in [0.1, 0.15) is 18.3 Å². The zero-order chi connectivity index (χ0) is 15.7. The lowest BCUT2D eigenvalue weighted by Gasteiger charge is -2.15. The van der Waals surface area contributed by atoms with Gasteiger partial charge in [-0.3, -0.25) is 4.79 Å². The minimum atomic E-state index is -3.67. The number of anilines is 1. The maximum absolute atomic E-state index is 12.3. The van der Waals surface area contributed by atoms with Gasteiger partial charge in [-0.05, 0) is 30.2 Å². The summed E-state index contributed by atoms with van der Waals surface area (Å²) >= 11 is 0. The molecule has 1 aromatic heterocycles. The molecular formula is C12H14N6O3S. The number of amides is 1. The molecule has 22 heavy (non-hydrogen) atoms. The van der Waals surface area contributed by atoms with E-state index in [-0.39, 0.29) is 23.2 Å². The fourth-order valence-corrected chi connectivity index (χ4v) is 3.40. The number of sulfonamides is 1. The summed E-state index contributed by atoms with van der Waals surface area (Å²) in [5.41, 5.74) is 1.61. The number of benzene rings is 1. The van der Waals surface area contributed by atoms with Crippen LogP contribution in [0.4, 0.5) is 5.69 Å². The van der Waals surface area contributed by atoms with Crippen LogP contribution in [0, 0.1) is 0 Å². The number of hydrogen-bond acceptors (Lipinski definition) is 6. The van der Waals surface area contributed by atoms with E-state index in [1.165, 1.54) is 13.0 Å². The highest BCUT2D eigenvalue weighted by molar-refractivity contribution is 7.89. The molecule has 0 fully saturated rings. The van der Waals surface area contributed by atoms with Crippen LogP contribution in [0.3, 0.4) is 0 Å². The number of H-pyrrole nitrogens is 1. The van der Waals surface area contributed by atoms with Gasteiger partial charge in [0.25, 0.3) is 0 Å². The van der Waals surface area contributed by atoms with E-state index in [0.29, 0.717) is 13.0 Å². The van der Waals surface area contributed by atoms with Crippen LogP contribution >= 0.6 is 0 Å². The van der Waals surface area contributed by atoms with Gasteiger partial charge in [0.1, 0.15) is 0 Å². The molecule has 0 aliphatic carbocycles. The highest BCUT2D eigenvalue weighted by Crippen LogP contribution is 2.30. The molecule has 10 heteroatoms. The van der Waals surface area contributed by atoms with Crippen LogP contribution in [-0.2, 0) is 27.8 Å². The Bertz CT molecular complexity index is 802. The molecule has 1 aromatic carbocycles. The molecule has 1 amide bonds. The molecule has 2 N–H and O–H groups in total. The molecule has 1 aliphatic heterocycles. The van der Waals surface area contributed by atoms with Crippen molar-refractivity contribution in [2.24, 2.45) is 0 Å². The van der Waals surface area contributed by atoms with E-state index in [1.807, 2.05) is 0 Å². The Balaban J connectivity index is 1.82. The van der Waals surface area contributed by atoms with Crippen LogP contribution < -0.4 is 9.62 Å². The zero-order valence-electron chi connectivity index (χ0n) is 11.8. The minimum Gasteiger partial charge on any atom is -0.312 e. The molecule has 2 aromatic rings. The summed E-state index contributed by atoms with van der Waals surface area (Å²) in [6.45, 7) is 2.02. The number of aromatic nitrogens is 4. The van der Waals surface area contributed by atoms with Crippen LogP contribution in [0.5, 0.6) is 0 Å². The molecule has 3 rings (SSSR count). The molecule has 116 valence electrons. The van der Waals surface area contributed by atoms with Crippen LogP contribution in [0.15, 0.2) is 23.1 Å². The Morgan fingerprint density at radius 1 is 1.45 bits per heavy atom. The largest absolute Gasteiger partial charge is 0.312 e. The van der Waals surface area contributed by atoms with Crippen LogP contribution in [-0.4, -0.2) is 41.5 Å². The van der Waals surface area contributed by atoms with E-state index in [0.717, 1.165) is 11.3 Å². The van der Waals surface area contributed by atoms with E-state index in [2.05, 4.69) is 25.3 Å². The second-order valence-electron chi connectivity index (χ2n) is 4.86. The van der Waals surface area contributed by atoms with Gasteiger partial charge in [0.2, 0.25) is 15.9 Å². The molecule has 0 saturated heterocycles. The first-order chi connectivity index (χ1) is 10.5. The summed E-state index contributed by atoms with van der Waals surface area (Å²) < 4.78 is 26.9. The summed E-state index contributed by atoms with van der Waals surface area (Å²) in [5, 5.41) is 13.0. The SMILES string of the molecule is CC(=O)N1CCc2cc(S(=O)(=O)NCc3nn[nH]n3)ccc21. The van der Waals surface area contributed by atoms with E-state index >= 15 is 0 Å². The molecule has 0 unspecified atom stereocenters. The quantitative estimate of drug-likeness (QED) is 0.789. The monoisotopic (exact) mass is 322 g/mol. The van der Waals surface area contributed by atoms with Crippen molar-refractivity contribution in [1.29, 1.82) is 0 Å². The number of tetrazole rings is 1. The molecular weight excluding hydrogens is 308 g/mol. The summed E-state index contributed by atoms with van der Waals surface area (Å²) in [4.78, 5) is 13.3. The third-order valence-electron chi connectivity index (χ3n) is 3.45. The smallest absolute Gasteiger partial charge is 0.240 e. The molecule has 2 heterocycles. The van der Waals surface area contributed by atoms with Crippen molar-refractivity contribution >= 4 is 21.6 Å². The van der Waals surface area contributed by atoms with Crippen molar-refractivity contribution in [2.75, 3.05) is 11.4 Å². The summed E-state index contributed by atoms with van der Waals surface area (Å²) in [7, 11) is -3.67. The fraction of sp³-hybridized carbons (Fsp3) is 0.333. The van der Waals surface area contributed by atoms with Gasteiger partial charge in [-0.2, -0.15) is 5.21 Å². The van der Waals surface area contributed by atoms with E-state index in [1.54, 1.807) is 17.0 Å². The lowest BCUT2D eigenvalue weighted by Crippen LogP contribution is -2.26. The first kappa shape index (κ1) is 14.6. The number of aromatic amines is 1. The normalized spacial score (nSPS) is 14.1. The second kappa shape index (κ2) is 5.46. The fourth-order valence-electron chi connectivity index (χ4n) is 2.37. The van der Waals surface area contributed by atoms with Crippen molar-refractivity contribution in [3.8, 4) is 0 Å². The number of carbonyl (C=O) groups is 1. The van der Waals surface area contributed by atoms with Gasteiger partial charge in [-0.25, -0.2) is 13.1 Å². The Kier molecular flexibility index (Phi) is 3.62. The molecule has 0 saturated carbocycles. The highest BCUT2D eigenvalue weighted by atomic mass is 32.2. The number of rotatable bonds is 4. The lowest BCUT2D eigenvalue weighted by atomic mass is 10.2. The first-order valence-electron chi connectivity index (χ1n) is 6.60. The van der Waals surface area contributed by atoms with Gasteiger partial charge in [-0.1, -0.05) is 5.21 Å². The van der Waals surface area contributed by atoms with Crippen molar-refractivity contribution in [1.82, 2.24) is 25.3 Å². The Hall–Kier alpha value is -2.33. The highest BCUT2D eigenvalue weighted by Gasteiger charge is 2.24. The van der Waals surface area contributed by atoms with E-state index < -0.39 is 10.0 Å². The van der Waals surface area contributed by atoms with Crippen LogP contribution in [0.2, 0.25) is 0 Å². The average molecular weight is 322 g/mol. The zero-order valence-corrected chi connectivity index (χ0v) is 12.6. The van der Waals surface area contributed by atoms with Crippen molar-refractivity contribution < 1.29 is 13.2 Å². The molecule has 9 nitrogen and oxygen atoms in total. The number of nitrogens with zero attached hydrogens (tertiary/aromatic N) is 4. The standard InChI is InChI=1S/C12H14N6O3S/c1-8(19)18-5-4-9-6-10(2-3-11(9)18)22(20,21)13-7-12-14-16-17-15-12/h2-3,6,13H,4-5,7H2,1H3,(H,14,15,16,17). The van der Waals surface area contributed by atoms with Crippen molar-refractivity contribution in [2.45, 2.75) is 24.8 Å². The van der Waals surface area contributed by atoms with Gasteiger partial charge < -0.3 is 4.90 Å². The number of carbonyl (C=O) groups excluding carboxylic acids is 1. The third-order valence-corrected chi connectivity index (χ3v) is 4.85. The maximum atomic E-state index is 12.3. The predicted octanol–water partition coefficient (Wildman–Crippen LogP) is -0.413. The third kappa shape index (κ3) is 2.70. The molecule has 1 aliphatic rings. The van der Waals surface area contributed by atoms with Crippen molar-refractivity contribution in [3.63, 3.8) is 0 Å². The average Bonchev–Trinajstić information content (AvgIpc) is 3.13. The lowest BCUT2D eigenvalue weighted by molar-refractivity contribution is -0.116. The topological polar surface area (TPSA) is 121 Å². The second-order valence-corrected chi connectivity index (χ2v) is 6.63. The summed E-state index contributed by atoms with van der Waals surface area (Å²) in [5.74, 6) is 0.206. The first-order valence-corrected chi connectivity index (χ1v) is 8.09. The van der Waals surface area contributed by atoms with E-state index in [9.17, 15) is 13.2 Å². The summed E-state index contributed by atoms with van der Waals surface area (Å²) in [6, 6.07) is 4.74. The number of nitrogens with one attached hydrogen (secondary N) is 2. The Morgan fingerprint density at radius 2 is 2.27 bits per heavy atom. The van der Waals surface area contributed by atoms with Gasteiger partial charge in [-0.15, -0.1) is 10.2 Å². The van der Waals surface area contributed by atoms with Gasteiger partial charge in [0.15, 0.2) is 5.82 Å². The minimum absolute atomic E-state index is 0.0461. The van der Waals surface area contributed by atoms with Gasteiger partial charge >= 0.3 is 0 Å². The van der Waals surface area contributed by atoms with Crippen LogP contribution in [0.25, 0.3) is 0 Å². The van der Waals surface area contributed by atoms with Crippen molar-refractivity contribution in [3.05, 3.63) is 29.6 Å². The molecule has 0 bridgehead atoms. The predicted molar refractivity (Wildman–Crippen MR) is 76.4 cm³/mol. The maximum Gasteiger partial charge on any atom is 0.240 e. The Labute approximate surface area is 126 Å². The summed E-state index contributed by atoms with van der Waals surface area (Å²) in [6.07, 6.45) is 0.642. The van der Waals surface area contributed by atoms with E-state index in [4.69, 9.17) is 0 Å². The molecule has 0 spiro atoms. The molecule has 0 radical (unpaired) electrons. The molecule has 0 atom stereocenters.